The van der Waals surface area contributed by atoms with Crippen molar-refractivity contribution >= 4 is 11.6 Å². The highest BCUT2D eigenvalue weighted by molar-refractivity contribution is 6.30. The molecule has 3 nitrogen and oxygen atoms in total. The lowest BCUT2D eigenvalue weighted by molar-refractivity contribution is 0.480. The van der Waals surface area contributed by atoms with Crippen molar-refractivity contribution in [3.63, 3.8) is 0 Å². The van der Waals surface area contributed by atoms with Gasteiger partial charge in [0, 0.05) is 23.8 Å². The molecule has 0 aliphatic heterocycles. The summed E-state index contributed by atoms with van der Waals surface area (Å²) in [5.74, 6) is 1.50. The van der Waals surface area contributed by atoms with E-state index >= 15 is 0 Å². The average molecular weight is 277 g/mol. The molecular formula is C15H17ClN2O. The summed E-state index contributed by atoms with van der Waals surface area (Å²) in [6.07, 6.45) is 2.86. The van der Waals surface area contributed by atoms with Gasteiger partial charge in [0.05, 0.1) is 5.69 Å². The Balaban J connectivity index is 2.02. The van der Waals surface area contributed by atoms with Crippen molar-refractivity contribution in [2.24, 2.45) is 0 Å². The van der Waals surface area contributed by atoms with Crippen LogP contribution in [-0.4, -0.2) is 11.5 Å². The van der Waals surface area contributed by atoms with Crippen LogP contribution in [0.4, 0.5) is 0 Å². The van der Waals surface area contributed by atoms with Crippen LogP contribution in [0.2, 0.25) is 5.02 Å². The molecule has 1 N–H and O–H groups in total. The Morgan fingerprint density at radius 3 is 2.84 bits per heavy atom. The van der Waals surface area contributed by atoms with Crippen LogP contribution in [0.3, 0.4) is 0 Å². The second kappa shape index (κ2) is 7.12. The smallest absolute Gasteiger partial charge is 0.130 e. The SMILES string of the molecule is CCCNCc1cc(Oc2cccc(Cl)c2)ccn1. The molecule has 0 radical (unpaired) electrons. The lowest BCUT2D eigenvalue weighted by Crippen LogP contribution is -2.14. The summed E-state index contributed by atoms with van der Waals surface area (Å²) in [6.45, 7) is 3.88. The monoisotopic (exact) mass is 276 g/mol. The summed E-state index contributed by atoms with van der Waals surface area (Å²) >= 11 is 5.92. The van der Waals surface area contributed by atoms with Gasteiger partial charge in [-0.05, 0) is 37.2 Å². The van der Waals surface area contributed by atoms with Crippen LogP contribution < -0.4 is 10.1 Å². The molecular weight excluding hydrogens is 260 g/mol. The Kier molecular flexibility index (Phi) is 5.19. The lowest BCUT2D eigenvalue weighted by atomic mass is 10.3. The van der Waals surface area contributed by atoms with E-state index in [0.717, 1.165) is 36.7 Å². The lowest BCUT2D eigenvalue weighted by Gasteiger charge is -2.08. The number of benzene rings is 1. The van der Waals surface area contributed by atoms with Gasteiger partial charge in [-0.1, -0.05) is 24.6 Å². The highest BCUT2D eigenvalue weighted by atomic mass is 35.5. The number of rotatable bonds is 6. The minimum absolute atomic E-state index is 0.663. The zero-order chi connectivity index (χ0) is 13.5. The maximum absolute atomic E-state index is 5.92. The third kappa shape index (κ3) is 4.54. The summed E-state index contributed by atoms with van der Waals surface area (Å²) in [5.41, 5.74) is 0.966. The third-order valence-corrected chi connectivity index (χ3v) is 2.79. The fraction of sp³-hybridized carbons (Fsp3) is 0.267. The molecule has 1 aromatic carbocycles. The summed E-state index contributed by atoms with van der Waals surface area (Å²) in [5, 5.41) is 3.98. The van der Waals surface area contributed by atoms with Crippen LogP contribution in [0, 0.1) is 0 Å². The third-order valence-electron chi connectivity index (χ3n) is 2.55. The molecule has 2 aromatic rings. The first-order chi connectivity index (χ1) is 9.28. The topological polar surface area (TPSA) is 34.1 Å². The highest BCUT2D eigenvalue weighted by Gasteiger charge is 2.00. The van der Waals surface area contributed by atoms with Gasteiger partial charge in [0.2, 0.25) is 0 Å². The molecule has 0 atom stereocenters. The molecule has 4 heteroatoms. The standard InChI is InChI=1S/C15H17ClN2O/c1-2-7-17-11-13-10-15(6-8-18-13)19-14-5-3-4-12(16)9-14/h3-6,8-10,17H,2,7,11H2,1H3. The van der Waals surface area contributed by atoms with Crippen LogP contribution >= 0.6 is 11.6 Å². The van der Waals surface area contributed by atoms with Crippen LogP contribution in [0.1, 0.15) is 19.0 Å². The average Bonchev–Trinajstić information content (AvgIpc) is 2.39. The molecule has 0 aliphatic rings. The molecule has 0 amide bonds. The number of nitrogens with zero attached hydrogens (tertiary/aromatic N) is 1. The van der Waals surface area contributed by atoms with E-state index < -0.39 is 0 Å². The molecule has 0 fully saturated rings. The molecule has 1 heterocycles. The quantitative estimate of drug-likeness (QED) is 0.809. The number of pyridine rings is 1. The molecule has 0 bridgehead atoms. The minimum Gasteiger partial charge on any atom is -0.457 e. The number of ether oxygens (including phenoxy) is 1. The Hall–Kier alpha value is -1.58. The van der Waals surface area contributed by atoms with Gasteiger partial charge in [0.15, 0.2) is 0 Å². The van der Waals surface area contributed by atoms with Crippen LogP contribution in [0.25, 0.3) is 0 Å². The summed E-state index contributed by atoms with van der Waals surface area (Å²) in [7, 11) is 0. The van der Waals surface area contributed by atoms with Gasteiger partial charge >= 0.3 is 0 Å². The van der Waals surface area contributed by atoms with Gasteiger partial charge in [-0.15, -0.1) is 0 Å². The molecule has 0 saturated carbocycles. The molecule has 0 aliphatic carbocycles. The van der Waals surface area contributed by atoms with Crippen LogP contribution in [-0.2, 0) is 6.54 Å². The van der Waals surface area contributed by atoms with E-state index in [-0.39, 0.29) is 0 Å². The maximum atomic E-state index is 5.92. The normalized spacial score (nSPS) is 10.4. The predicted octanol–water partition coefficient (Wildman–Crippen LogP) is 4.03. The fourth-order valence-electron chi connectivity index (χ4n) is 1.68. The van der Waals surface area contributed by atoms with Gasteiger partial charge in [-0.25, -0.2) is 0 Å². The maximum Gasteiger partial charge on any atom is 0.130 e. The summed E-state index contributed by atoms with van der Waals surface area (Å²) < 4.78 is 5.75. The van der Waals surface area contributed by atoms with Crippen LogP contribution in [0.5, 0.6) is 11.5 Å². The van der Waals surface area contributed by atoms with Crippen molar-refractivity contribution in [1.29, 1.82) is 0 Å². The first-order valence-corrected chi connectivity index (χ1v) is 6.75. The summed E-state index contributed by atoms with van der Waals surface area (Å²) in [6, 6.07) is 11.1. The van der Waals surface area contributed by atoms with Crippen molar-refractivity contribution < 1.29 is 4.74 Å². The molecule has 2 rings (SSSR count). The minimum atomic E-state index is 0.663. The molecule has 0 saturated heterocycles. The van der Waals surface area contributed by atoms with Crippen molar-refractivity contribution in [1.82, 2.24) is 10.3 Å². The molecule has 0 unspecified atom stereocenters. The van der Waals surface area contributed by atoms with Crippen molar-refractivity contribution in [3.05, 3.63) is 53.3 Å². The highest BCUT2D eigenvalue weighted by Crippen LogP contribution is 2.24. The van der Waals surface area contributed by atoms with Gasteiger partial charge < -0.3 is 10.1 Å². The second-order valence-electron chi connectivity index (χ2n) is 4.22. The van der Waals surface area contributed by atoms with E-state index in [0.29, 0.717) is 5.02 Å². The first-order valence-electron chi connectivity index (χ1n) is 6.37. The number of halogens is 1. The fourth-order valence-corrected chi connectivity index (χ4v) is 1.86. The van der Waals surface area contributed by atoms with Crippen molar-refractivity contribution in [2.45, 2.75) is 19.9 Å². The first kappa shape index (κ1) is 13.8. The van der Waals surface area contributed by atoms with Gasteiger partial charge in [-0.2, -0.15) is 0 Å². The second-order valence-corrected chi connectivity index (χ2v) is 4.66. The molecule has 1 aromatic heterocycles. The molecule has 100 valence electrons. The molecule has 19 heavy (non-hydrogen) atoms. The Morgan fingerprint density at radius 2 is 2.05 bits per heavy atom. The Morgan fingerprint density at radius 1 is 1.21 bits per heavy atom. The van der Waals surface area contributed by atoms with Gasteiger partial charge in [0.25, 0.3) is 0 Å². The van der Waals surface area contributed by atoms with E-state index in [9.17, 15) is 0 Å². The van der Waals surface area contributed by atoms with E-state index in [4.69, 9.17) is 16.3 Å². The number of hydrogen-bond acceptors (Lipinski definition) is 3. The van der Waals surface area contributed by atoms with Crippen molar-refractivity contribution in [3.8, 4) is 11.5 Å². The van der Waals surface area contributed by atoms with E-state index in [1.807, 2.05) is 30.3 Å². The van der Waals surface area contributed by atoms with E-state index in [1.54, 1.807) is 12.3 Å². The Bertz CT molecular complexity index is 531. The van der Waals surface area contributed by atoms with Crippen molar-refractivity contribution in [2.75, 3.05) is 6.54 Å². The zero-order valence-electron chi connectivity index (χ0n) is 10.9. The van der Waals surface area contributed by atoms with Crippen LogP contribution in [0.15, 0.2) is 42.6 Å². The van der Waals surface area contributed by atoms with Gasteiger partial charge in [-0.3, -0.25) is 4.98 Å². The predicted molar refractivity (Wildman–Crippen MR) is 77.8 cm³/mol. The van der Waals surface area contributed by atoms with E-state index in [2.05, 4.69) is 17.2 Å². The zero-order valence-corrected chi connectivity index (χ0v) is 11.7. The number of nitrogens with one attached hydrogen (secondary N) is 1. The number of aromatic nitrogens is 1. The number of hydrogen-bond donors (Lipinski definition) is 1. The van der Waals surface area contributed by atoms with Gasteiger partial charge in [0.1, 0.15) is 11.5 Å². The largest absolute Gasteiger partial charge is 0.457 e. The van der Waals surface area contributed by atoms with E-state index in [1.165, 1.54) is 0 Å². The molecule has 0 spiro atoms. The Labute approximate surface area is 118 Å². The summed E-state index contributed by atoms with van der Waals surface area (Å²) in [4.78, 5) is 4.30.